The number of rotatable bonds is 10. The lowest BCUT2D eigenvalue weighted by Gasteiger charge is -2.50. The molecule has 0 aromatic heterocycles. The minimum absolute atomic E-state index is 0.0198. The first-order valence-electron chi connectivity index (χ1n) is 13.9. The minimum Gasteiger partial charge on any atom is -0.436 e. The molecule has 8 heteroatoms. The van der Waals surface area contributed by atoms with Gasteiger partial charge in [-0.25, -0.2) is 0 Å². The normalized spacial score (nSPS) is 27.5. The number of hydrogen-bond donors (Lipinski definition) is 0. The number of esters is 1. The quantitative estimate of drug-likeness (QED) is 0.262. The second-order valence-electron chi connectivity index (χ2n) is 12.1. The molecule has 2 aliphatic rings. The highest BCUT2D eigenvalue weighted by Crippen LogP contribution is 2.42. The summed E-state index contributed by atoms with van der Waals surface area (Å²) in [5, 5.41) is 0.0198. The number of benzene rings is 2. The summed E-state index contributed by atoms with van der Waals surface area (Å²) in [6.07, 6.45) is -1.11. The molecule has 2 aliphatic heterocycles. The van der Waals surface area contributed by atoms with E-state index < -0.39 is 14.6 Å². The van der Waals surface area contributed by atoms with Gasteiger partial charge in [0.25, 0.3) is 0 Å². The SMILES string of the molecule is CC(=O)OC1C[C@H](O[Si](C)(C)C(C)(C)C)[C@@H]2O[C@H](COCc3ccccc3)[C@@H](OCc3ccccc3)C[C@H]2O1. The molecule has 0 bridgehead atoms. The van der Waals surface area contributed by atoms with Gasteiger partial charge < -0.3 is 28.1 Å². The van der Waals surface area contributed by atoms with Gasteiger partial charge in [-0.2, -0.15) is 0 Å². The summed E-state index contributed by atoms with van der Waals surface area (Å²) < 4.78 is 38.0. The third-order valence-corrected chi connectivity index (χ3v) is 12.4. The van der Waals surface area contributed by atoms with E-state index in [1.54, 1.807) is 0 Å². The van der Waals surface area contributed by atoms with Crippen LogP contribution in [0.4, 0.5) is 0 Å². The zero-order chi connectivity index (χ0) is 28.0. The monoisotopic (exact) mass is 556 g/mol. The van der Waals surface area contributed by atoms with Gasteiger partial charge in [-0.05, 0) is 29.3 Å². The Labute approximate surface area is 234 Å². The molecule has 2 fully saturated rings. The van der Waals surface area contributed by atoms with E-state index in [0.29, 0.717) is 32.7 Å². The fraction of sp³-hybridized carbons (Fsp3) is 0.581. The third kappa shape index (κ3) is 8.22. The van der Waals surface area contributed by atoms with Gasteiger partial charge in [0.2, 0.25) is 6.29 Å². The van der Waals surface area contributed by atoms with Crippen molar-refractivity contribution in [3.63, 3.8) is 0 Å². The molecule has 2 aromatic rings. The molecule has 7 nitrogen and oxygen atoms in total. The molecule has 0 aliphatic carbocycles. The summed E-state index contributed by atoms with van der Waals surface area (Å²) in [6, 6.07) is 20.2. The van der Waals surface area contributed by atoms with Crippen molar-refractivity contribution < 1.29 is 32.9 Å². The van der Waals surface area contributed by atoms with Crippen LogP contribution in [0.5, 0.6) is 0 Å². The Kier molecular flexibility index (Phi) is 10.0. The van der Waals surface area contributed by atoms with Crippen LogP contribution in [0.15, 0.2) is 60.7 Å². The second kappa shape index (κ2) is 13.1. The first-order chi connectivity index (χ1) is 18.5. The molecule has 2 aromatic carbocycles. The van der Waals surface area contributed by atoms with E-state index in [2.05, 4.69) is 33.9 Å². The summed E-state index contributed by atoms with van der Waals surface area (Å²) in [5.74, 6) is -0.370. The Morgan fingerprint density at radius 1 is 0.897 bits per heavy atom. The summed E-state index contributed by atoms with van der Waals surface area (Å²) in [4.78, 5) is 11.8. The lowest BCUT2D eigenvalue weighted by atomic mass is 9.91. The van der Waals surface area contributed by atoms with Gasteiger partial charge >= 0.3 is 5.97 Å². The standard InChI is InChI=1S/C31H44O7Si/c1-22(32)35-29-18-27(38-39(5,6)31(2,3)4)30-26(36-29)17-25(34-20-24-15-11-8-12-16-24)28(37-30)21-33-19-23-13-9-7-10-14-23/h7-16,25-30H,17-21H2,1-6H3/t25-,26+,27-,28+,29?,30+/m0/s1. The Balaban J connectivity index is 1.52. The summed E-state index contributed by atoms with van der Waals surface area (Å²) in [7, 11) is -2.14. The minimum atomic E-state index is -2.14. The fourth-order valence-corrected chi connectivity index (χ4v) is 6.17. The maximum atomic E-state index is 11.8. The molecule has 39 heavy (non-hydrogen) atoms. The van der Waals surface area contributed by atoms with Crippen LogP contribution in [0.25, 0.3) is 0 Å². The summed E-state index contributed by atoms with van der Waals surface area (Å²) >= 11 is 0. The average Bonchev–Trinajstić information content (AvgIpc) is 2.87. The Morgan fingerprint density at radius 2 is 1.51 bits per heavy atom. The van der Waals surface area contributed by atoms with Gasteiger partial charge in [0.15, 0.2) is 8.32 Å². The topological polar surface area (TPSA) is 72.5 Å². The Bertz CT molecular complexity index is 1040. The van der Waals surface area contributed by atoms with Gasteiger partial charge in [-0.15, -0.1) is 0 Å². The molecule has 1 unspecified atom stereocenters. The number of hydrogen-bond acceptors (Lipinski definition) is 7. The molecule has 0 saturated carbocycles. The molecule has 0 amide bonds. The van der Waals surface area contributed by atoms with Gasteiger partial charge in [-0.3, -0.25) is 4.79 Å². The summed E-state index contributed by atoms with van der Waals surface area (Å²) in [6.45, 7) is 13.9. The van der Waals surface area contributed by atoms with Crippen LogP contribution in [0, 0.1) is 0 Å². The van der Waals surface area contributed by atoms with Crippen molar-refractivity contribution >= 4 is 14.3 Å². The highest BCUT2D eigenvalue weighted by atomic mass is 28.4. The van der Waals surface area contributed by atoms with E-state index in [1.807, 2.05) is 60.7 Å². The first-order valence-corrected chi connectivity index (χ1v) is 16.9. The number of carbonyl (C=O) groups is 1. The smallest absolute Gasteiger partial charge is 0.304 e. The molecule has 4 rings (SSSR count). The molecular formula is C31H44O7Si. The van der Waals surface area contributed by atoms with Crippen molar-refractivity contribution in [1.29, 1.82) is 0 Å². The molecule has 214 valence electrons. The van der Waals surface area contributed by atoms with Crippen LogP contribution < -0.4 is 0 Å². The molecule has 2 saturated heterocycles. The number of ether oxygens (including phenoxy) is 5. The van der Waals surface area contributed by atoms with Crippen LogP contribution in [0.3, 0.4) is 0 Å². The molecule has 2 heterocycles. The van der Waals surface area contributed by atoms with Crippen molar-refractivity contribution in [1.82, 2.24) is 0 Å². The van der Waals surface area contributed by atoms with E-state index in [4.69, 9.17) is 28.1 Å². The fourth-order valence-electron chi connectivity index (χ4n) is 4.82. The average molecular weight is 557 g/mol. The van der Waals surface area contributed by atoms with Crippen molar-refractivity contribution in [2.24, 2.45) is 0 Å². The Morgan fingerprint density at radius 3 is 2.10 bits per heavy atom. The van der Waals surface area contributed by atoms with Crippen LogP contribution in [-0.2, 0) is 46.1 Å². The predicted octanol–water partition coefficient (Wildman–Crippen LogP) is 6.01. The van der Waals surface area contributed by atoms with Gasteiger partial charge in [0, 0.05) is 19.8 Å². The third-order valence-electron chi connectivity index (χ3n) is 7.95. The van der Waals surface area contributed by atoms with Crippen molar-refractivity contribution in [2.45, 2.75) is 109 Å². The van der Waals surface area contributed by atoms with Crippen LogP contribution in [0.1, 0.15) is 51.7 Å². The summed E-state index contributed by atoms with van der Waals surface area (Å²) in [5.41, 5.74) is 2.20. The molecule has 6 atom stereocenters. The molecule has 0 spiro atoms. The molecular weight excluding hydrogens is 512 g/mol. The molecule has 0 N–H and O–H groups in total. The predicted molar refractivity (Wildman–Crippen MR) is 152 cm³/mol. The van der Waals surface area contributed by atoms with Crippen molar-refractivity contribution in [2.75, 3.05) is 6.61 Å². The Hall–Kier alpha value is -2.07. The van der Waals surface area contributed by atoms with E-state index >= 15 is 0 Å². The maximum Gasteiger partial charge on any atom is 0.304 e. The van der Waals surface area contributed by atoms with Crippen LogP contribution in [-0.4, -0.2) is 57.7 Å². The van der Waals surface area contributed by atoms with Gasteiger partial charge in [-0.1, -0.05) is 81.4 Å². The highest BCUT2D eigenvalue weighted by molar-refractivity contribution is 6.74. The van der Waals surface area contributed by atoms with Crippen LogP contribution >= 0.6 is 0 Å². The van der Waals surface area contributed by atoms with Gasteiger partial charge in [0.05, 0.1) is 38.1 Å². The molecule has 0 radical (unpaired) electrons. The van der Waals surface area contributed by atoms with Gasteiger partial charge in [0.1, 0.15) is 12.2 Å². The number of carbonyl (C=O) groups excluding carboxylic acids is 1. The van der Waals surface area contributed by atoms with E-state index in [9.17, 15) is 4.79 Å². The second-order valence-corrected chi connectivity index (χ2v) is 16.8. The lowest BCUT2D eigenvalue weighted by Crippen LogP contribution is -2.62. The number of fused-ring (bicyclic) bond motifs is 1. The zero-order valence-electron chi connectivity index (χ0n) is 24.1. The zero-order valence-corrected chi connectivity index (χ0v) is 25.1. The van der Waals surface area contributed by atoms with E-state index in [0.717, 1.165) is 11.1 Å². The van der Waals surface area contributed by atoms with E-state index in [1.165, 1.54) is 6.92 Å². The maximum absolute atomic E-state index is 11.8. The first kappa shape index (κ1) is 29.9. The lowest BCUT2D eigenvalue weighted by molar-refractivity contribution is -0.295. The van der Waals surface area contributed by atoms with Crippen molar-refractivity contribution in [3.8, 4) is 0 Å². The van der Waals surface area contributed by atoms with Crippen LogP contribution in [0.2, 0.25) is 18.1 Å². The largest absolute Gasteiger partial charge is 0.436 e. The van der Waals surface area contributed by atoms with Crippen molar-refractivity contribution in [3.05, 3.63) is 71.8 Å². The van der Waals surface area contributed by atoms with E-state index in [-0.39, 0.29) is 41.5 Å². The highest BCUT2D eigenvalue weighted by Gasteiger charge is 2.51.